The minimum absolute atomic E-state index is 0.171. The van der Waals surface area contributed by atoms with E-state index in [1.807, 2.05) is 0 Å². The zero-order valence-electron chi connectivity index (χ0n) is 11.6. The highest BCUT2D eigenvalue weighted by Crippen LogP contribution is 2.36. The Morgan fingerprint density at radius 2 is 1.76 bits per heavy atom. The Labute approximate surface area is 127 Å². The number of nitrogens with one attached hydrogen (secondary N) is 1. The van der Waals surface area contributed by atoms with Crippen LogP contribution in [0, 0.1) is 17.0 Å². The summed E-state index contributed by atoms with van der Waals surface area (Å²) >= 11 is 5.11. The van der Waals surface area contributed by atoms with Gasteiger partial charge in [-0.2, -0.15) is 0 Å². The number of benzene rings is 1. The van der Waals surface area contributed by atoms with E-state index >= 15 is 0 Å². The first kappa shape index (κ1) is 15.8. The smallest absolute Gasteiger partial charge is 0.237 e. The number of carbonyl (C=O) groups excluding carboxylic acids is 1. The summed E-state index contributed by atoms with van der Waals surface area (Å²) in [5.41, 5.74) is 5.13. The fourth-order valence-corrected chi connectivity index (χ4v) is 3.04. The molecule has 0 saturated heterocycles. The van der Waals surface area contributed by atoms with Crippen LogP contribution in [-0.2, 0) is 4.79 Å². The van der Waals surface area contributed by atoms with Crippen LogP contribution < -0.4 is 11.1 Å². The molecule has 114 valence electrons. The lowest BCUT2D eigenvalue weighted by Gasteiger charge is -2.30. The molecule has 1 amide bonds. The number of carbonyl (C=O) groups is 1. The van der Waals surface area contributed by atoms with Crippen molar-refractivity contribution in [2.45, 2.75) is 38.5 Å². The number of amides is 1. The van der Waals surface area contributed by atoms with Crippen LogP contribution in [0.15, 0.2) is 18.2 Å². The fraction of sp³-hybridized carbons (Fsp3) is 0.467. The van der Waals surface area contributed by atoms with Crippen molar-refractivity contribution in [3.8, 4) is 0 Å². The summed E-state index contributed by atoms with van der Waals surface area (Å²) in [4.78, 5) is 12.8. The molecule has 3 N–H and O–H groups in total. The SMILES string of the molecule is NC(=S)C1(C(=O)Nc2ccc(F)c(F)c2)CCCCCC1. The summed E-state index contributed by atoms with van der Waals surface area (Å²) in [5, 5.41) is 2.62. The van der Waals surface area contributed by atoms with Gasteiger partial charge < -0.3 is 11.1 Å². The van der Waals surface area contributed by atoms with E-state index in [-0.39, 0.29) is 16.6 Å². The van der Waals surface area contributed by atoms with Crippen LogP contribution in [0.3, 0.4) is 0 Å². The van der Waals surface area contributed by atoms with Gasteiger partial charge in [-0.15, -0.1) is 0 Å². The van der Waals surface area contributed by atoms with Gasteiger partial charge in [-0.25, -0.2) is 8.78 Å². The predicted molar refractivity (Wildman–Crippen MR) is 81.9 cm³/mol. The lowest BCUT2D eigenvalue weighted by Crippen LogP contribution is -2.45. The Hall–Kier alpha value is -1.56. The molecular formula is C15H18F2N2OS. The summed E-state index contributed by atoms with van der Waals surface area (Å²) in [5.74, 6) is -2.28. The molecule has 1 fully saturated rings. The van der Waals surface area contributed by atoms with Gasteiger partial charge in [-0.3, -0.25) is 4.79 Å². The number of halogens is 2. The second-order valence-corrected chi connectivity index (χ2v) is 5.88. The van der Waals surface area contributed by atoms with E-state index < -0.39 is 17.0 Å². The predicted octanol–water partition coefficient (Wildman–Crippen LogP) is 3.53. The van der Waals surface area contributed by atoms with Gasteiger partial charge in [0.15, 0.2) is 11.6 Å². The quantitative estimate of drug-likeness (QED) is 0.663. The standard InChI is InChI=1S/C15H18F2N2OS/c16-11-6-5-10(9-12(11)17)19-14(20)15(13(18)21)7-3-1-2-4-8-15/h5-6,9H,1-4,7-8H2,(H2,18,21)(H,19,20). The Kier molecular flexibility index (Phi) is 4.88. The van der Waals surface area contributed by atoms with Crippen molar-refractivity contribution in [3.05, 3.63) is 29.8 Å². The normalized spacial score (nSPS) is 17.8. The van der Waals surface area contributed by atoms with Crippen LogP contribution in [0.4, 0.5) is 14.5 Å². The van der Waals surface area contributed by atoms with Crippen molar-refractivity contribution < 1.29 is 13.6 Å². The summed E-state index contributed by atoms with van der Waals surface area (Å²) in [6, 6.07) is 3.25. The molecule has 1 aliphatic rings. The zero-order valence-corrected chi connectivity index (χ0v) is 12.4. The van der Waals surface area contributed by atoms with Gasteiger partial charge >= 0.3 is 0 Å². The monoisotopic (exact) mass is 312 g/mol. The Bertz CT molecular complexity index is 555. The van der Waals surface area contributed by atoms with Gasteiger partial charge in [-0.1, -0.05) is 37.9 Å². The molecule has 1 saturated carbocycles. The van der Waals surface area contributed by atoms with Gasteiger partial charge in [-0.05, 0) is 25.0 Å². The molecule has 2 rings (SSSR count). The Morgan fingerprint density at radius 1 is 1.14 bits per heavy atom. The van der Waals surface area contributed by atoms with Gasteiger partial charge in [0.25, 0.3) is 0 Å². The van der Waals surface area contributed by atoms with E-state index in [1.54, 1.807) is 0 Å². The van der Waals surface area contributed by atoms with Crippen molar-refractivity contribution in [3.63, 3.8) is 0 Å². The highest BCUT2D eigenvalue weighted by molar-refractivity contribution is 7.80. The molecule has 21 heavy (non-hydrogen) atoms. The molecule has 0 spiro atoms. The van der Waals surface area contributed by atoms with Crippen LogP contribution in [0.25, 0.3) is 0 Å². The maximum atomic E-state index is 13.2. The second-order valence-electron chi connectivity index (χ2n) is 5.44. The summed E-state index contributed by atoms with van der Waals surface area (Å²) in [7, 11) is 0. The Morgan fingerprint density at radius 3 is 2.29 bits per heavy atom. The Balaban J connectivity index is 2.22. The number of rotatable bonds is 3. The van der Waals surface area contributed by atoms with E-state index in [9.17, 15) is 13.6 Å². The lowest BCUT2D eigenvalue weighted by molar-refractivity contribution is -0.122. The molecule has 6 heteroatoms. The van der Waals surface area contributed by atoms with Crippen molar-refractivity contribution in [1.29, 1.82) is 0 Å². The molecule has 0 aromatic heterocycles. The average molecular weight is 312 g/mol. The molecule has 0 radical (unpaired) electrons. The van der Waals surface area contributed by atoms with E-state index in [4.69, 9.17) is 18.0 Å². The fourth-order valence-electron chi connectivity index (χ4n) is 2.74. The molecule has 0 aliphatic heterocycles. The van der Waals surface area contributed by atoms with E-state index in [0.717, 1.165) is 37.8 Å². The highest BCUT2D eigenvalue weighted by atomic mass is 32.1. The van der Waals surface area contributed by atoms with Crippen molar-refractivity contribution in [2.75, 3.05) is 5.32 Å². The van der Waals surface area contributed by atoms with E-state index in [0.29, 0.717) is 12.8 Å². The molecule has 0 bridgehead atoms. The number of thiocarbonyl (C=S) groups is 1. The van der Waals surface area contributed by atoms with Crippen LogP contribution in [0.1, 0.15) is 38.5 Å². The minimum Gasteiger partial charge on any atom is -0.392 e. The van der Waals surface area contributed by atoms with Crippen LogP contribution in [0.2, 0.25) is 0 Å². The first-order valence-electron chi connectivity index (χ1n) is 7.02. The maximum absolute atomic E-state index is 13.2. The van der Waals surface area contributed by atoms with E-state index in [1.165, 1.54) is 6.07 Å². The molecule has 1 aliphatic carbocycles. The van der Waals surface area contributed by atoms with Crippen LogP contribution in [0.5, 0.6) is 0 Å². The average Bonchev–Trinajstić information content (AvgIpc) is 2.69. The minimum atomic E-state index is -1.00. The topological polar surface area (TPSA) is 55.1 Å². The third kappa shape index (κ3) is 3.37. The molecule has 3 nitrogen and oxygen atoms in total. The van der Waals surface area contributed by atoms with Crippen LogP contribution >= 0.6 is 12.2 Å². The number of hydrogen-bond donors (Lipinski definition) is 2. The van der Waals surface area contributed by atoms with E-state index in [2.05, 4.69) is 5.32 Å². The summed E-state index contributed by atoms with van der Waals surface area (Å²) in [6.07, 6.45) is 5.03. The number of anilines is 1. The van der Waals surface area contributed by atoms with Crippen molar-refractivity contribution in [1.82, 2.24) is 0 Å². The molecule has 1 aromatic carbocycles. The van der Waals surface area contributed by atoms with Gasteiger partial charge in [0.2, 0.25) is 5.91 Å². The number of nitrogens with two attached hydrogens (primary N) is 1. The largest absolute Gasteiger partial charge is 0.392 e. The third-order valence-electron chi connectivity index (χ3n) is 4.04. The molecule has 0 atom stereocenters. The van der Waals surface area contributed by atoms with Gasteiger partial charge in [0.05, 0.1) is 10.4 Å². The first-order chi connectivity index (χ1) is 9.95. The third-order valence-corrected chi connectivity index (χ3v) is 4.43. The zero-order chi connectivity index (χ0) is 15.5. The van der Waals surface area contributed by atoms with Gasteiger partial charge in [0, 0.05) is 11.8 Å². The van der Waals surface area contributed by atoms with Crippen molar-refractivity contribution >= 4 is 28.8 Å². The van der Waals surface area contributed by atoms with Crippen LogP contribution in [-0.4, -0.2) is 10.9 Å². The second kappa shape index (κ2) is 6.47. The summed E-state index contributed by atoms with van der Waals surface area (Å²) in [6.45, 7) is 0. The first-order valence-corrected chi connectivity index (χ1v) is 7.43. The van der Waals surface area contributed by atoms with Crippen molar-refractivity contribution in [2.24, 2.45) is 11.1 Å². The molecule has 1 aromatic rings. The summed E-state index contributed by atoms with van der Waals surface area (Å²) < 4.78 is 26.1. The molecule has 0 heterocycles. The lowest BCUT2D eigenvalue weighted by atomic mass is 9.79. The molecular weight excluding hydrogens is 294 g/mol. The highest BCUT2D eigenvalue weighted by Gasteiger charge is 2.41. The number of hydrogen-bond acceptors (Lipinski definition) is 2. The van der Waals surface area contributed by atoms with Gasteiger partial charge in [0.1, 0.15) is 0 Å². The molecule has 0 unspecified atom stereocenters. The maximum Gasteiger partial charge on any atom is 0.237 e.